The molecule has 3 nitrogen and oxygen atoms in total. The second-order valence-electron chi connectivity index (χ2n) is 5.68. The average molecular weight is 340 g/mol. The molecule has 0 aromatic heterocycles. The highest BCUT2D eigenvalue weighted by atomic mass is 79.9. The minimum Gasteiger partial charge on any atom is -0.480 e. The maximum atomic E-state index is 11.1. The van der Waals surface area contributed by atoms with Gasteiger partial charge in [0.1, 0.15) is 0 Å². The standard InChI is InChI=1S/C16H22BrNO2/c1-12(10-13-6-8-14(17)9-7-13)18(11-16(19)20)15-4-2-3-5-15/h6-9,12,15H,2-5,10-11H2,1H3,(H,19,20). The Hall–Kier alpha value is -0.870. The lowest BCUT2D eigenvalue weighted by molar-refractivity contribution is -0.139. The quantitative estimate of drug-likeness (QED) is 0.858. The van der Waals surface area contributed by atoms with Crippen LogP contribution in [0.2, 0.25) is 0 Å². The first-order valence-corrected chi connectivity index (χ1v) is 8.07. The molecule has 1 atom stereocenters. The SMILES string of the molecule is CC(Cc1ccc(Br)cc1)N(CC(=O)O)C1CCCC1. The summed E-state index contributed by atoms with van der Waals surface area (Å²) in [5.74, 6) is -0.723. The smallest absolute Gasteiger partial charge is 0.317 e. The number of hydrogen-bond donors (Lipinski definition) is 1. The molecule has 1 fully saturated rings. The topological polar surface area (TPSA) is 40.5 Å². The molecule has 0 bridgehead atoms. The van der Waals surface area contributed by atoms with Crippen molar-refractivity contribution in [3.63, 3.8) is 0 Å². The molecule has 20 heavy (non-hydrogen) atoms. The van der Waals surface area contributed by atoms with Gasteiger partial charge in [-0.25, -0.2) is 0 Å². The van der Waals surface area contributed by atoms with E-state index in [1.54, 1.807) is 0 Å². The fraction of sp³-hybridized carbons (Fsp3) is 0.562. The highest BCUT2D eigenvalue weighted by Crippen LogP contribution is 2.26. The van der Waals surface area contributed by atoms with Crippen LogP contribution >= 0.6 is 15.9 Å². The van der Waals surface area contributed by atoms with Gasteiger partial charge in [-0.1, -0.05) is 40.9 Å². The Bertz CT molecular complexity index is 440. The van der Waals surface area contributed by atoms with Gasteiger partial charge >= 0.3 is 5.97 Å². The molecule has 1 N–H and O–H groups in total. The van der Waals surface area contributed by atoms with Gasteiger partial charge in [0.25, 0.3) is 0 Å². The monoisotopic (exact) mass is 339 g/mol. The molecule has 0 radical (unpaired) electrons. The number of halogens is 1. The van der Waals surface area contributed by atoms with Gasteiger partial charge in [0.15, 0.2) is 0 Å². The summed E-state index contributed by atoms with van der Waals surface area (Å²) in [5, 5.41) is 9.15. The molecule has 1 saturated carbocycles. The highest BCUT2D eigenvalue weighted by molar-refractivity contribution is 9.10. The fourth-order valence-electron chi connectivity index (χ4n) is 3.12. The molecule has 110 valence electrons. The van der Waals surface area contributed by atoms with Gasteiger partial charge in [-0.2, -0.15) is 0 Å². The number of nitrogens with zero attached hydrogens (tertiary/aromatic N) is 1. The molecular weight excluding hydrogens is 318 g/mol. The van der Waals surface area contributed by atoms with Crippen LogP contribution in [0.25, 0.3) is 0 Å². The summed E-state index contributed by atoms with van der Waals surface area (Å²) in [6, 6.07) is 8.99. The van der Waals surface area contributed by atoms with Crippen LogP contribution in [0.1, 0.15) is 38.2 Å². The van der Waals surface area contributed by atoms with Crippen molar-refractivity contribution in [1.82, 2.24) is 4.90 Å². The Morgan fingerprint density at radius 2 is 1.95 bits per heavy atom. The molecule has 1 aromatic rings. The van der Waals surface area contributed by atoms with Gasteiger partial charge in [0.2, 0.25) is 0 Å². The molecule has 1 aromatic carbocycles. The zero-order chi connectivity index (χ0) is 14.5. The minimum absolute atomic E-state index is 0.155. The summed E-state index contributed by atoms with van der Waals surface area (Å²) >= 11 is 3.44. The van der Waals surface area contributed by atoms with Crippen LogP contribution in [0.15, 0.2) is 28.7 Å². The molecule has 0 amide bonds. The van der Waals surface area contributed by atoms with E-state index >= 15 is 0 Å². The molecule has 2 rings (SSSR count). The molecule has 1 aliphatic rings. The van der Waals surface area contributed by atoms with Crippen molar-refractivity contribution in [2.45, 2.75) is 51.1 Å². The number of carboxylic acid groups (broad SMARTS) is 1. The average Bonchev–Trinajstić information content (AvgIpc) is 2.92. The summed E-state index contributed by atoms with van der Waals surface area (Å²) in [6.45, 7) is 2.30. The predicted molar refractivity (Wildman–Crippen MR) is 83.9 cm³/mol. The first kappa shape index (κ1) is 15.5. The van der Waals surface area contributed by atoms with E-state index < -0.39 is 5.97 Å². The van der Waals surface area contributed by atoms with Crippen molar-refractivity contribution in [3.8, 4) is 0 Å². The van der Waals surface area contributed by atoms with E-state index in [9.17, 15) is 4.79 Å². The summed E-state index contributed by atoms with van der Waals surface area (Å²) in [5.41, 5.74) is 1.26. The number of rotatable bonds is 6. The van der Waals surface area contributed by atoms with Crippen LogP contribution in [0.3, 0.4) is 0 Å². The molecule has 1 aliphatic carbocycles. The van der Waals surface area contributed by atoms with Gasteiger partial charge < -0.3 is 5.11 Å². The normalized spacial score (nSPS) is 17.6. The van der Waals surface area contributed by atoms with Crippen molar-refractivity contribution < 1.29 is 9.90 Å². The summed E-state index contributed by atoms with van der Waals surface area (Å²) in [7, 11) is 0. The Kier molecular flexibility index (Phi) is 5.61. The van der Waals surface area contributed by atoms with Crippen molar-refractivity contribution in [3.05, 3.63) is 34.3 Å². The number of hydrogen-bond acceptors (Lipinski definition) is 2. The lowest BCUT2D eigenvalue weighted by Crippen LogP contribution is -2.44. The molecule has 0 saturated heterocycles. The van der Waals surface area contributed by atoms with E-state index in [-0.39, 0.29) is 12.6 Å². The molecule has 0 spiro atoms. The third-order valence-corrected chi connectivity index (χ3v) is 4.65. The molecule has 0 heterocycles. The summed E-state index contributed by atoms with van der Waals surface area (Å²) in [6.07, 6.45) is 5.63. The molecule has 0 aliphatic heterocycles. The first-order valence-electron chi connectivity index (χ1n) is 7.28. The number of carboxylic acids is 1. The lowest BCUT2D eigenvalue weighted by Gasteiger charge is -2.33. The van der Waals surface area contributed by atoms with Gasteiger partial charge in [-0.05, 0) is 43.9 Å². The Morgan fingerprint density at radius 3 is 2.50 bits per heavy atom. The Morgan fingerprint density at radius 1 is 1.35 bits per heavy atom. The second kappa shape index (κ2) is 7.23. The van der Waals surface area contributed by atoms with Gasteiger partial charge in [-0.15, -0.1) is 0 Å². The van der Waals surface area contributed by atoms with Crippen molar-refractivity contribution in [2.24, 2.45) is 0 Å². The van der Waals surface area contributed by atoms with E-state index in [1.807, 2.05) is 12.1 Å². The number of aliphatic carboxylic acids is 1. The highest BCUT2D eigenvalue weighted by Gasteiger charge is 2.28. The predicted octanol–water partition coefficient (Wildman–Crippen LogP) is 3.71. The van der Waals surface area contributed by atoms with E-state index in [4.69, 9.17) is 5.11 Å². The zero-order valence-electron chi connectivity index (χ0n) is 11.9. The molecular formula is C16H22BrNO2. The lowest BCUT2D eigenvalue weighted by atomic mass is 10.0. The third kappa shape index (κ3) is 4.32. The maximum absolute atomic E-state index is 11.1. The van der Waals surface area contributed by atoms with Crippen LogP contribution in [0, 0.1) is 0 Å². The minimum atomic E-state index is -0.723. The van der Waals surface area contributed by atoms with Gasteiger partial charge in [0.05, 0.1) is 6.54 Å². The van der Waals surface area contributed by atoms with E-state index in [2.05, 4.69) is 39.9 Å². The number of carbonyl (C=O) groups is 1. The first-order chi connectivity index (χ1) is 9.56. The van der Waals surface area contributed by atoms with Crippen LogP contribution in [0.4, 0.5) is 0 Å². The Balaban J connectivity index is 2.03. The molecule has 4 heteroatoms. The van der Waals surface area contributed by atoms with E-state index in [1.165, 1.54) is 18.4 Å². The maximum Gasteiger partial charge on any atom is 0.317 e. The summed E-state index contributed by atoms with van der Waals surface area (Å²) < 4.78 is 1.08. The van der Waals surface area contributed by atoms with Gasteiger partial charge in [-0.3, -0.25) is 9.69 Å². The van der Waals surface area contributed by atoms with Gasteiger partial charge in [0, 0.05) is 16.6 Å². The van der Waals surface area contributed by atoms with Crippen molar-refractivity contribution in [2.75, 3.05) is 6.54 Å². The third-order valence-electron chi connectivity index (χ3n) is 4.12. The van der Waals surface area contributed by atoms with Crippen molar-refractivity contribution in [1.29, 1.82) is 0 Å². The van der Waals surface area contributed by atoms with Crippen LogP contribution in [-0.4, -0.2) is 34.6 Å². The van der Waals surface area contributed by atoms with E-state index in [0.29, 0.717) is 6.04 Å². The molecule has 1 unspecified atom stereocenters. The largest absolute Gasteiger partial charge is 0.480 e. The van der Waals surface area contributed by atoms with Crippen LogP contribution in [-0.2, 0) is 11.2 Å². The second-order valence-corrected chi connectivity index (χ2v) is 6.60. The van der Waals surface area contributed by atoms with Crippen LogP contribution in [0.5, 0.6) is 0 Å². The summed E-state index contributed by atoms with van der Waals surface area (Å²) in [4.78, 5) is 13.3. The van der Waals surface area contributed by atoms with Crippen molar-refractivity contribution >= 4 is 21.9 Å². The van der Waals surface area contributed by atoms with E-state index in [0.717, 1.165) is 23.7 Å². The fourth-order valence-corrected chi connectivity index (χ4v) is 3.38. The zero-order valence-corrected chi connectivity index (χ0v) is 13.5. The van der Waals surface area contributed by atoms with Crippen LogP contribution < -0.4 is 0 Å². The Labute approximate surface area is 129 Å². The number of benzene rings is 1.